The van der Waals surface area contributed by atoms with E-state index < -0.39 is 9.84 Å². The predicted molar refractivity (Wildman–Crippen MR) is 95.6 cm³/mol. The number of hydrogen-bond donors (Lipinski definition) is 0. The van der Waals surface area contributed by atoms with E-state index in [0.29, 0.717) is 31.2 Å². The minimum absolute atomic E-state index is 0.101. The van der Waals surface area contributed by atoms with Crippen molar-refractivity contribution in [1.29, 1.82) is 0 Å². The lowest BCUT2D eigenvalue weighted by molar-refractivity contribution is -0.115. The van der Waals surface area contributed by atoms with Gasteiger partial charge in [0.15, 0.2) is 21.4 Å². The molecule has 0 bridgehead atoms. The number of rotatable bonds is 3. The van der Waals surface area contributed by atoms with E-state index in [0.717, 1.165) is 11.3 Å². The van der Waals surface area contributed by atoms with Crippen LogP contribution in [0.25, 0.3) is 0 Å². The second-order valence-corrected chi connectivity index (χ2v) is 9.29. The molecular weight excluding hydrogens is 368 g/mol. The fourth-order valence-electron chi connectivity index (χ4n) is 3.26. The van der Waals surface area contributed by atoms with Gasteiger partial charge in [-0.3, -0.25) is 9.59 Å². The molecule has 0 saturated carbocycles. The molecule has 0 amide bonds. The Morgan fingerprint density at radius 1 is 1.17 bits per heavy atom. The normalized spacial score (nSPS) is 20.0. The summed E-state index contributed by atoms with van der Waals surface area (Å²) in [6.07, 6.45) is 4.69. The van der Waals surface area contributed by atoms with Crippen molar-refractivity contribution >= 4 is 44.8 Å². The molecule has 0 atom stereocenters. The molecule has 1 heterocycles. The van der Waals surface area contributed by atoms with E-state index in [2.05, 4.69) is 0 Å². The van der Waals surface area contributed by atoms with Gasteiger partial charge in [0.1, 0.15) is 0 Å². The topological polar surface area (TPSA) is 68.3 Å². The van der Waals surface area contributed by atoms with Gasteiger partial charge in [0.05, 0.1) is 21.2 Å². The van der Waals surface area contributed by atoms with E-state index in [1.54, 1.807) is 0 Å². The van der Waals surface area contributed by atoms with Gasteiger partial charge in [-0.15, -0.1) is 11.8 Å². The fraction of sp³-hybridized carbons (Fsp3) is 0.412. The number of hydrogen-bond acceptors (Lipinski definition) is 5. The van der Waals surface area contributed by atoms with Crippen molar-refractivity contribution in [3.05, 3.63) is 38.8 Å². The second-order valence-electron chi connectivity index (χ2n) is 5.93. The molecule has 0 radical (unpaired) electrons. The van der Waals surface area contributed by atoms with Crippen LogP contribution in [-0.4, -0.2) is 32.0 Å². The molecule has 3 rings (SSSR count). The summed E-state index contributed by atoms with van der Waals surface area (Å²) in [6.45, 7) is 0. The lowest BCUT2D eigenvalue weighted by atomic mass is 9.90. The zero-order valence-electron chi connectivity index (χ0n) is 13.2. The molecule has 0 saturated heterocycles. The van der Waals surface area contributed by atoms with Crippen LogP contribution in [0.15, 0.2) is 27.5 Å². The Kier molecular flexibility index (Phi) is 4.91. The van der Waals surface area contributed by atoms with Gasteiger partial charge in [0, 0.05) is 12.0 Å². The van der Waals surface area contributed by atoms with Crippen molar-refractivity contribution < 1.29 is 18.0 Å². The van der Waals surface area contributed by atoms with Crippen LogP contribution in [-0.2, 0) is 21.1 Å². The van der Waals surface area contributed by atoms with Gasteiger partial charge in [-0.25, -0.2) is 8.42 Å². The number of ketones is 2. The minimum atomic E-state index is -3.34. The van der Waals surface area contributed by atoms with E-state index in [1.807, 2.05) is 6.26 Å². The maximum absolute atomic E-state index is 12.9. The van der Waals surface area contributed by atoms with E-state index >= 15 is 0 Å². The zero-order chi connectivity index (χ0) is 17.5. The van der Waals surface area contributed by atoms with Crippen LogP contribution < -0.4 is 0 Å². The number of thioether (sulfide) groups is 1. The largest absolute Gasteiger partial charge is 0.294 e. The third-order valence-electron chi connectivity index (χ3n) is 4.46. The number of sulfone groups is 1. The van der Waals surface area contributed by atoms with Gasteiger partial charge in [-0.2, -0.15) is 0 Å². The van der Waals surface area contributed by atoms with E-state index in [-0.39, 0.29) is 38.4 Å². The van der Waals surface area contributed by atoms with Crippen LogP contribution in [0.2, 0.25) is 5.02 Å². The number of allylic oxidation sites excluding steroid dienone is 2. The molecule has 24 heavy (non-hydrogen) atoms. The van der Waals surface area contributed by atoms with Crippen molar-refractivity contribution in [2.24, 2.45) is 0 Å². The number of halogens is 1. The molecule has 7 heteroatoms. The summed E-state index contributed by atoms with van der Waals surface area (Å²) < 4.78 is 24.3. The highest BCUT2D eigenvalue weighted by Gasteiger charge is 2.31. The number of Topliss-reactive ketones (excluding diaryl/α,β-unsaturated/α-hetero) is 2. The summed E-state index contributed by atoms with van der Waals surface area (Å²) in [4.78, 5) is 26.2. The average molecular weight is 385 g/mol. The highest BCUT2D eigenvalue weighted by molar-refractivity contribution is 8.02. The molecule has 128 valence electrons. The fourth-order valence-corrected chi connectivity index (χ4v) is 6.02. The van der Waals surface area contributed by atoms with Gasteiger partial charge in [0.25, 0.3) is 0 Å². The van der Waals surface area contributed by atoms with Crippen LogP contribution in [0.4, 0.5) is 0 Å². The Labute approximate surface area is 150 Å². The van der Waals surface area contributed by atoms with E-state index in [4.69, 9.17) is 11.6 Å². The molecule has 1 aliphatic heterocycles. The SMILES string of the molecule is CSC1=C(C(=O)c2ccc3c(c2Cl)CCCS3(=O)=O)C(=O)CCC1. The smallest absolute Gasteiger partial charge is 0.198 e. The minimum Gasteiger partial charge on any atom is -0.294 e. The van der Waals surface area contributed by atoms with Crippen molar-refractivity contribution in [3.8, 4) is 0 Å². The summed E-state index contributed by atoms with van der Waals surface area (Å²) >= 11 is 7.79. The van der Waals surface area contributed by atoms with Gasteiger partial charge < -0.3 is 0 Å². The Bertz CT molecular complexity index is 869. The standard InChI is InChI=1S/C17H17ClO4S2/c1-23-13-6-2-5-12(19)15(13)17(20)11-7-8-14-10(16(11)18)4-3-9-24(14,21)22/h7-8H,2-6,9H2,1H3. The maximum Gasteiger partial charge on any atom is 0.198 e. The molecule has 0 fully saturated rings. The molecule has 1 aromatic rings. The highest BCUT2D eigenvalue weighted by Crippen LogP contribution is 2.37. The average Bonchev–Trinajstić information content (AvgIpc) is 2.54. The molecule has 0 N–H and O–H groups in total. The lowest BCUT2D eigenvalue weighted by Crippen LogP contribution is -2.21. The van der Waals surface area contributed by atoms with Crippen molar-refractivity contribution in [2.45, 2.75) is 37.0 Å². The summed E-state index contributed by atoms with van der Waals surface area (Å²) in [5.74, 6) is -0.444. The molecule has 0 spiro atoms. The van der Waals surface area contributed by atoms with Gasteiger partial charge in [0.2, 0.25) is 0 Å². The van der Waals surface area contributed by atoms with Crippen LogP contribution in [0.1, 0.15) is 41.6 Å². The molecule has 4 nitrogen and oxygen atoms in total. The first kappa shape index (κ1) is 17.7. The van der Waals surface area contributed by atoms with Gasteiger partial charge in [-0.1, -0.05) is 11.6 Å². The molecule has 0 unspecified atom stereocenters. The maximum atomic E-state index is 12.9. The molecular formula is C17H17ClO4S2. The summed E-state index contributed by atoms with van der Waals surface area (Å²) in [5.41, 5.74) is 0.946. The van der Waals surface area contributed by atoms with Crippen LogP contribution in [0.5, 0.6) is 0 Å². The first-order valence-corrected chi connectivity index (χ1v) is 11.0. The highest BCUT2D eigenvalue weighted by atomic mass is 35.5. The third kappa shape index (κ3) is 2.95. The molecule has 0 aromatic heterocycles. The number of carbonyl (C=O) groups is 2. The summed E-state index contributed by atoms with van der Waals surface area (Å²) in [7, 11) is -3.34. The third-order valence-corrected chi connectivity index (χ3v) is 7.67. The number of fused-ring (bicyclic) bond motifs is 1. The molecule has 1 aromatic carbocycles. The summed E-state index contributed by atoms with van der Waals surface area (Å²) in [6, 6.07) is 2.90. The Morgan fingerprint density at radius 2 is 1.92 bits per heavy atom. The summed E-state index contributed by atoms with van der Waals surface area (Å²) in [5, 5.41) is 0.173. The second kappa shape index (κ2) is 6.65. The monoisotopic (exact) mass is 384 g/mol. The van der Waals surface area contributed by atoms with E-state index in [9.17, 15) is 18.0 Å². The Balaban J connectivity index is 2.12. The van der Waals surface area contributed by atoms with E-state index in [1.165, 1.54) is 23.9 Å². The first-order chi connectivity index (χ1) is 11.4. The first-order valence-electron chi connectivity index (χ1n) is 7.76. The number of benzene rings is 1. The van der Waals surface area contributed by atoms with Crippen molar-refractivity contribution in [2.75, 3.05) is 12.0 Å². The van der Waals surface area contributed by atoms with Gasteiger partial charge in [-0.05, 0) is 54.5 Å². The van der Waals surface area contributed by atoms with Gasteiger partial charge >= 0.3 is 0 Å². The van der Waals surface area contributed by atoms with Crippen LogP contribution in [0, 0.1) is 0 Å². The van der Waals surface area contributed by atoms with Crippen LogP contribution in [0.3, 0.4) is 0 Å². The Morgan fingerprint density at radius 3 is 2.62 bits per heavy atom. The quantitative estimate of drug-likeness (QED) is 0.588. The molecule has 2 aliphatic rings. The zero-order valence-corrected chi connectivity index (χ0v) is 15.6. The van der Waals surface area contributed by atoms with Crippen LogP contribution >= 0.6 is 23.4 Å². The Hall–Kier alpha value is -1.11. The van der Waals surface area contributed by atoms with Crippen molar-refractivity contribution in [1.82, 2.24) is 0 Å². The predicted octanol–water partition coefficient (Wildman–Crippen LogP) is 3.61. The molecule has 1 aliphatic carbocycles. The number of carbonyl (C=O) groups excluding carboxylic acids is 2. The lowest BCUT2D eigenvalue weighted by Gasteiger charge is -2.21. The van der Waals surface area contributed by atoms with Crippen molar-refractivity contribution in [3.63, 3.8) is 0 Å².